The average molecular weight is 288 g/mol. The largest absolute Gasteiger partial charge is 0.478 e. The second-order valence-corrected chi connectivity index (χ2v) is 4.95. The lowest BCUT2D eigenvalue weighted by atomic mass is 10.1. The second-order valence-electron chi connectivity index (χ2n) is 3.53. The van der Waals surface area contributed by atoms with Gasteiger partial charge >= 0.3 is 22.3 Å². The molecule has 9 heteroatoms. The summed E-state index contributed by atoms with van der Waals surface area (Å²) in [6, 6.07) is 3.83. The molecule has 0 saturated carbocycles. The van der Waals surface area contributed by atoms with Crippen molar-refractivity contribution < 1.29 is 27.9 Å². The zero-order valence-corrected chi connectivity index (χ0v) is 10.9. The van der Waals surface area contributed by atoms with E-state index in [1.807, 2.05) is 0 Å². The summed E-state index contributed by atoms with van der Waals surface area (Å²) in [6.45, 7) is 1.53. The van der Waals surface area contributed by atoms with Gasteiger partial charge in [-0.05, 0) is 30.7 Å². The van der Waals surface area contributed by atoms with E-state index in [0.717, 1.165) is 7.11 Å². The lowest BCUT2D eigenvalue weighted by Gasteiger charge is -2.11. The van der Waals surface area contributed by atoms with Crippen LogP contribution in [0.4, 0.5) is 10.5 Å². The molecule has 1 aromatic rings. The maximum Gasteiger partial charge on any atom is 0.422 e. The summed E-state index contributed by atoms with van der Waals surface area (Å²) in [5.74, 6) is -1.12. The fourth-order valence-electron chi connectivity index (χ4n) is 1.23. The van der Waals surface area contributed by atoms with Gasteiger partial charge in [0.25, 0.3) is 0 Å². The zero-order valence-electron chi connectivity index (χ0n) is 10.1. The van der Waals surface area contributed by atoms with E-state index in [9.17, 15) is 18.0 Å². The van der Waals surface area contributed by atoms with Crippen molar-refractivity contribution in [1.82, 2.24) is 4.72 Å². The molecule has 104 valence electrons. The van der Waals surface area contributed by atoms with Crippen LogP contribution in [0.2, 0.25) is 0 Å². The molecule has 19 heavy (non-hydrogen) atoms. The molecule has 0 radical (unpaired) electrons. The third-order valence-corrected chi connectivity index (χ3v) is 3.04. The van der Waals surface area contributed by atoms with Gasteiger partial charge < -0.3 is 9.84 Å². The Kier molecular flexibility index (Phi) is 4.33. The van der Waals surface area contributed by atoms with E-state index in [1.165, 1.54) is 25.1 Å². The first-order valence-electron chi connectivity index (χ1n) is 4.97. The Labute approximate surface area is 109 Å². The number of ether oxygens (including phenoxy) is 1. The minimum atomic E-state index is -4.12. The molecule has 0 spiro atoms. The van der Waals surface area contributed by atoms with Gasteiger partial charge in [0.05, 0.1) is 18.4 Å². The number of amides is 1. The predicted octanol–water partition coefficient (Wildman–Crippen LogP) is 0.706. The maximum absolute atomic E-state index is 11.5. The maximum atomic E-state index is 11.5. The number of methoxy groups -OCH3 is 1. The van der Waals surface area contributed by atoms with Crippen LogP contribution >= 0.6 is 0 Å². The third-order valence-electron chi connectivity index (χ3n) is 2.12. The van der Waals surface area contributed by atoms with Crippen LogP contribution in [0.3, 0.4) is 0 Å². The minimum Gasteiger partial charge on any atom is -0.478 e. The molecule has 3 N–H and O–H groups in total. The minimum absolute atomic E-state index is 0.0291. The first-order valence-corrected chi connectivity index (χ1v) is 6.46. The second kappa shape index (κ2) is 5.57. The van der Waals surface area contributed by atoms with Crippen LogP contribution in [0, 0.1) is 6.92 Å². The van der Waals surface area contributed by atoms with Gasteiger partial charge in [0.1, 0.15) is 0 Å². The molecule has 1 amide bonds. The number of rotatable bonds is 4. The van der Waals surface area contributed by atoms with Crippen LogP contribution < -0.4 is 9.44 Å². The van der Waals surface area contributed by atoms with Crippen molar-refractivity contribution in [1.29, 1.82) is 0 Å². The molecule has 0 bridgehead atoms. The smallest absolute Gasteiger partial charge is 0.422 e. The number of hydrogen-bond donors (Lipinski definition) is 3. The number of anilines is 1. The van der Waals surface area contributed by atoms with Gasteiger partial charge in [0.2, 0.25) is 0 Å². The van der Waals surface area contributed by atoms with E-state index in [2.05, 4.69) is 9.46 Å². The Hall–Kier alpha value is -2.29. The summed E-state index contributed by atoms with van der Waals surface area (Å²) in [5, 5.41) is 8.77. The molecule has 0 fully saturated rings. The van der Waals surface area contributed by atoms with Gasteiger partial charge in [0.15, 0.2) is 0 Å². The molecule has 0 aromatic heterocycles. The molecule has 0 aliphatic carbocycles. The molecule has 0 atom stereocenters. The fourth-order valence-corrected chi connectivity index (χ4v) is 2.11. The fraction of sp³-hybridized carbons (Fsp3) is 0.200. The summed E-state index contributed by atoms with van der Waals surface area (Å²) in [5.41, 5.74) is 0.581. The van der Waals surface area contributed by atoms with Crippen molar-refractivity contribution in [2.45, 2.75) is 6.92 Å². The van der Waals surface area contributed by atoms with Crippen LogP contribution in [0.15, 0.2) is 18.2 Å². The number of carbonyl (C=O) groups is 2. The topological polar surface area (TPSA) is 122 Å². The van der Waals surface area contributed by atoms with Gasteiger partial charge in [-0.1, -0.05) is 0 Å². The lowest BCUT2D eigenvalue weighted by molar-refractivity contribution is 0.0696. The number of aromatic carboxylic acids is 1. The number of benzene rings is 1. The molecule has 0 aliphatic rings. The van der Waals surface area contributed by atoms with Crippen molar-refractivity contribution in [3.8, 4) is 0 Å². The van der Waals surface area contributed by atoms with Gasteiger partial charge in [-0.15, -0.1) is 0 Å². The van der Waals surface area contributed by atoms with Crippen LogP contribution in [0.5, 0.6) is 0 Å². The molecule has 0 aliphatic heterocycles. The van der Waals surface area contributed by atoms with Crippen LogP contribution in [-0.4, -0.2) is 32.7 Å². The Morgan fingerprint density at radius 1 is 1.32 bits per heavy atom. The summed E-state index contributed by atoms with van der Waals surface area (Å²) < 4.78 is 30.8. The summed E-state index contributed by atoms with van der Waals surface area (Å²) in [6.07, 6.45) is -1.13. The van der Waals surface area contributed by atoms with Gasteiger partial charge in [0, 0.05) is 0 Å². The van der Waals surface area contributed by atoms with Crippen molar-refractivity contribution in [2.75, 3.05) is 11.8 Å². The Morgan fingerprint density at radius 3 is 2.42 bits per heavy atom. The highest BCUT2D eigenvalue weighted by atomic mass is 32.2. The van der Waals surface area contributed by atoms with Crippen molar-refractivity contribution >= 4 is 28.0 Å². The summed E-state index contributed by atoms with van der Waals surface area (Å²) in [4.78, 5) is 21.5. The van der Waals surface area contributed by atoms with E-state index in [0.29, 0.717) is 5.56 Å². The molecule has 1 aromatic carbocycles. The van der Waals surface area contributed by atoms with Crippen LogP contribution in [0.1, 0.15) is 15.9 Å². The number of hydrogen-bond acceptors (Lipinski definition) is 5. The number of aryl methyl sites for hydroxylation is 1. The van der Waals surface area contributed by atoms with E-state index >= 15 is 0 Å². The Morgan fingerprint density at radius 2 is 1.95 bits per heavy atom. The Balaban J connectivity index is 2.94. The number of carboxylic acids is 1. The van der Waals surface area contributed by atoms with Crippen molar-refractivity contribution in [2.24, 2.45) is 0 Å². The SMILES string of the molecule is COC(=O)NS(=O)(=O)Nc1ccc(C(=O)O)cc1C. The molecule has 0 unspecified atom stereocenters. The third kappa shape index (κ3) is 4.14. The van der Waals surface area contributed by atoms with Crippen molar-refractivity contribution in [3.05, 3.63) is 29.3 Å². The molecule has 0 saturated heterocycles. The highest BCUT2D eigenvalue weighted by Crippen LogP contribution is 2.17. The highest BCUT2D eigenvalue weighted by Gasteiger charge is 2.16. The highest BCUT2D eigenvalue weighted by molar-refractivity contribution is 7.91. The standard InChI is InChI=1S/C10H12N2O6S/c1-6-5-7(9(13)14)3-4-8(6)11-19(16,17)12-10(15)18-2/h3-5,11H,1-2H3,(H,12,15)(H,13,14). The Bertz CT molecular complexity index is 610. The quantitative estimate of drug-likeness (QED) is 0.750. The number of nitrogens with one attached hydrogen (secondary N) is 2. The molecule has 8 nitrogen and oxygen atoms in total. The van der Waals surface area contributed by atoms with Crippen LogP contribution in [0.25, 0.3) is 0 Å². The normalized spacial score (nSPS) is 10.6. The zero-order chi connectivity index (χ0) is 14.6. The number of carboxylic acid groups (broad SMARTS) is 1. The first-order chi connectivity index (χ1) is 8.75. The molecule has 1 rings (SSSR count). The number of carbonyl (C=O) groups excluding carboxylic acids is 1. The predicted molar refractivity (Wildman–Crippen MR) is 66.2 cm³/mol. The van der Waals surface area contributed by atoms with Gasteiger partial charge in [-0.2, -0.15) is 8.42 Å². The van der Waals surface area contributed by atoms with E-state index in [-0.39, 0.29) is 11.3 Å². The van der Waals surface area contributed by atoms with E-state index in [4.69, 9.17) is 5.11 Å². The first kappa shape index (κ1) is 14.8. The van der Waals surface area contributed by atoms with E-state index in [1.54, 1.807) is 4.72 Å². The lowest BCUT2D eigenvalue weighted by Crippen LogP contribution is -2.35. The van der Waals surface area contributed by atoms with Crippen molar-refractivity contribution in [3.63, 3.8) is 0 Å². The summed E-state index contributed by atoms with van der Waals surface area (Å²) in [7, 11) is -3.10. The molecular formula is C10H12N2O6S. The van der Waals surface area contributed by atoms with Gasteiger partial charge in [-0.3, -0.25) is 4.72 Å². The molecular weight excluding hydrogens is 276 g/mol. The summed E-state index contributed by atoms with van der Waals surface area (Å²) >= 11 is 0. The van der Waals surface area contributed by atoms with Crippen LogP contribution in [-0.2, 0) is 14.9 Å². The van der Waals surface area contributed by atoms with E-state index < -0.39 is 22.3 Å². The average Bonchev–Trinajstić information content (AvgIpc) is 2.30. The monoisotopic (exact) mass is 288 g/mol. The molecule has 0 heterocycles. The van der Waals surface area contributed by atoms with Gasteiger partial charge in [-0.25, -0.2) is 14.3 Å².